The van der Waals surface area contributed by atoms with Crippen molar-refractivity contribution >= 4 is 17.3 Å². The maximum atomic E-state index is 11.1. The molecule has 7 heteroatoms. The van der Waals surface area contributed by atoms with Crippen LogP contribution in [0.5, 0.6) is 5.75 Å². The number of nitro benzene ring substituents is 1. The second-order valence-electron chi connectivity index (χ2n) is 3.21. The van der Waals surface area contributed by atoms with Crippen molar-refractivity contribution in [3.8, 4) is 5.75 Å². The minimum Gasteiger partial charge on any atom is -0.489 e. The van der Waals surface area contributed by atoms with Gasteiger partial charge < -0.3 is 15.2 Å². The molecule has 0 atom stereocenters. The SMILES string of the molecule is COC(=O)Cc1ccc(N)c(OC)c1[N+](=O)[O-]. The Kier molecular flexibility index (Phi) is 3.86. The number of nitrogen functional groups attached to an aromatic ring is 1. The van der Waals surface area contributed by atoms with Gasteiger partial charge in [0, 0.05) is 5.56 Å². The first kappa shape index (κ1) is 12.8. The molecular weight excluding hydrogens is 228 g/mol. The zero-order valence-corrected chi connectivity index (χ0v) is 9.43. The summed E-state index contributed by atoms with van der Waals surface area (Å²) in [7, 11) is 2.49. The highest BCUT2D eigenvalue weighted by molar-refractivity contribution is 5.77. The monoisotopic (exact) mass is 240 g/mol. The van der Waals surface area contributed by atoms with Crippen LogP contribution in [0, 0.1) is 10.1 Å². The summed E-state index contributed by atoms with van der Waals surface area (Å²) < 4.78 is 9.33. The molecule has 1 aromatic carbocycles. The lowest BCUT2D eigenvalue weighted by atomic mass is 10.1. The molecule has 0 spiro atoms. The molecular formula is C10H12N2O5. The molecule has 0 saturated carbocycles. The van der Waals surface area contributed by atoms with Gasteiger partial charge in [0.2, 0.25) is 5.75 Å². The van der Waals surface area contributed by atoms with Gasteiger partial charge in [0.25, 0.3) is 0 Å². The van der Waals surface area contributed by atoms with Crippen LogP contribution in [0.25, 0.3) is 0 Å². The highest BCUT2D eigenvalue weighted by atomic mass is 16.6. The fourth-order valence-corrected chi connectivity index (χ4v) is 1.41. The number of methoxy groups -OCH3 is 2. The van der Waals surface area contributed by atoms with Crippen molar-refractivity contribution in [3.63, 3.8) is 0 Å². The van der Waals surface area contributed by atoms with Crippen LogP contribution in [0.4, 0.5) is 11.4 Å². The summed E-state index contributed by atoms with van der Waals surface area (Å²) in [6, 6.07) is 2.86. The third kappa shape index (κ3) is 2.63. The molecule has 0 aliphatic rings. The van der Waals surface area contributed by atoms with E-state index >= 15 is 0 Å². The quantitative estimate of drug-likeness (QED) is 0.363. The van der Waals surface area contributed by atoms with E-state index in [-0.39, 0.29) is 29.1 Å². The van der Waals surface area contributed by atoms with E-state index in [1.54, 1.807) is 0 Å². The van der Waals surface area contributed by atoms with Gasteiger partial charge in [-0.05, 0) is 12.1 Å². The molecule has 7 nitrogen and oxygen atoms in total. The number of hydrogen-bond acceptors (Lipinski definition) is 6. The molecule has 0 aliphatic heterocycles. The van der Waals surface area contributed by atoms with Gasteiger partial charge in [-0.3, -0.25) is 14.9 Å². The van der Waals surface area contributed by atoms with E-state index in [0.29, 0.717) is 0 Å². The fraction of sp³-hybridized carbons (Fsp3) is 0.300. The average Bonchev–Trinajstić information content (AvgIpc) is 2.30. The van der Waals surface area contributed by atoms with Crippen LogP contribution in [-0.2, 0) is 16.0 Å². The molecule has 0 heterocycles. The fourth-order valence-electron chi connectivity index (χ4n) is 1.41. The van der Waals surface area contributed by atoms with Crippen molar-refractivity contribution in [1.29, 1.82) is 0 Å². The van der Waals surface area contributed by atoms with Crippen LogP contribution >= 0.6 is 0 Å². The first-order chi connectivity index (χ1) is 8.01. The summed E-state index contributed by atoms with van der Waals surface area (Å²) in [5.74, 6) is -0.615. The van der Waals surface area contributed by atoms with Crippen molar-refractivity contribution in [2.75, 3.05) is 20.0 Å². The molecule has 0 radical (unpaired) electrons. The van der Waals surface area contributed by atoms with Crippen molar-refractivity contribution < 1.29 is 19.2 Å². The lowest BCUT2D eigenvalue weighted by Gasteiger charge is -2.08. The number of anilines is 1. The summed E-state index contributed by atoms with van der Waals surface area (Å²) in [4.78, 5) is 21.4. The highest BCUT2D eigenvalue weighted by Crippen LogP contribution is 2.36. The van der Waals surface area contributed by atoms with Crippen molar-refractivity contribution in [2.24, 2.45) is 0 Å². The topological polar surface area (TPSA) is 105 Å². The Bertz CT molecular complexity index is 458. The molecule has 0 saturated heterocycles. The second kappa shape index (κ2) is 5.15. The van der Waals surface area contributed by atoms with Gasteiger partial charge in [-0.2, -0.15) is 0 Å². The maximum absolute atomic E-state index is 11.1. The van der Waals surface area contributed by atoms with Gasteiger partial charge >= 0.3 is 11.7 Å². The predicted molar refractivity (Wildman–Crippen MR) is 59.8 cm³/mol. The van der Waals surface area contributed by atoms with Gasteiger partial charge in [-0.25, -0.2) is 0 Å². The van der Waals surface area contributed by atoms with E-state index in [4.69, 9.17) is 10.5 Å². The number of rotatable bonds is 4. The van der Waals surface area contributed by atoms with Crippen LogP contribution < -0.4 is 10.5 Å². The molecule has 1 aromatic rings. The van der Waals surface area contributed by atoms with E-state index in [1.165, 1.54) is 26.4 Å². The Labute approximate surface area is 97.3 Å². The lowest BCUT2D eigenvalue weighted by molar-refractivity contribution is -0.386. The minimum absolute atomic E-state index is 0.0450. The molecule has 1 rings (SSSR count). The summed E-state index contributed by atoms with van der Waals surface area (Å²) >= 11 is 0. The zero-order chi connectivity index (χ0) is 13.0. The molecule has 0 fully saturated rings. The number of nitrogens with two attached hydrogens (primary N) is 1. The Balaban J connectivity index is 3.30. The summed E-state index contributed by atoms with van der Waals surface area (Å²) in [5, 5.41) is 10.9. The van der Waals surface area contributed by atoms with Crippen LogP contribution in [0.1, 0.15) is 5.56 Å². The molecule has 0 unspecified atom stereocenters. The van der Waals surface area contributed by atoms with Gasteiger partial charge in [0.05, 0.1) is 31.3 Å². The van der Waals surface area contributed by atoms with Crippen LogP contribution in [-0.4, -0.2) is 25.1 Å². The van der Waals surface area contributed by atoms with E-state index in [2.05, 4.69) is 4.74 Å². The van der Waals surface area contributed by atoms with Crippen LogP contribution in [0.3, 0.4) is 0 Å². The number of carbonyl (C=O) groups is 1. The molecule has 0 aromatic heterocycles. The molecule has 17 heavy (non-hydrogen) atoms. The van der Waals surface area contributed by atoms with Crippen LogP contribution in [0.2, 0.25) is 0 Å². The van der Waals surface area contributed by atoms with Gasteiger partial charge in [-0.1, -0.05) is 0 Å². The first-order valence-corrected chi connectivity index (χ1v) is 4.67. The Morgan fingerprint density at radius 2 is 2.12 bits per heavy atom. The highest BCUT2D eigenvalue weighted by Gasteiger charge is 2.24. The van der Waals surface area contributed by atoms with E-state index < -0.39 is 10.9 Å². The Morgan fingerprint density at radius 1 is 1.47 bits per heavy atom. The van der Waals surface area contributed by atoms with E-state index in [0.717, 1.165) is 0 Å². The average molecular weight is 240 g/mol. The smallest absolute Gasteiger partial charge is 0.316 e. The standard InChI is InChI=1S/C10H12N2O5/c1-16-8(13)5-6-3-4-7(11)10(17-2)9(6)12(14)15/h3-4H,5,11H2,1-2H3. The third-order valence-electron chi connectivity index (χ3n) is 2.19. The number of carbonyl (C=O) groups excluding carboxylic acids is 1. The number of hydrogen-bond donors (Lipinski definition) is 1. The first-order valence-electron chi connectivity index (χ1n) is 4.67. The zero-order valence-electron chi connectivity index (χ0n) is 9.43. The van der Waals surface area contributed by atoms with Gasteiger partial charge in [0.15, 0.2) is 0 Å². The number of nitro groups is 1. The van der Waals surface area contributed by atoms with Crippen molar-refractivity contribution in [3.05, 3.63) is 27.8 Å². The van der Waals surface area contributed by atoms with Crippen molar-refractivity contribution in [2.45, 2.75) is 6.42 Å². The van der Waals surface area contributed by atoms with Gasteiger partial charge in [-0.15, -0.1) is 0 Å². The minimum atomic E-state index is -0.631. The van der Waals surface area contributed by atoms with E-state index in [1.807, 2.05) is 0 Å². The molecule has 0 aliphatic carbocycles. The molecule has 0 amide bonds. The lowest BCUT2D eigenvalue weighted by Crippen LogP contribution is -2.08. The largest absolute Gasteiger partial charge is 0.489 e. The number of benzene rings is 1. The Hall–Kier alpha value is -2.31. The van der Waals surface area contributed by atoms with E-state index in [9.17, 15) is 14.9 Å². The maximum Gasteiger partial charge on any atom is 0.316 e. The molecule has 0 bridgehead atoms. The third-order valence-corrected chi connectivity index (χ3v) is 2.19. The molecule has 92 valence electrons. The van der Waals surface area contributed by atoms with Crippen LogP contribution in [0.15, 0.2) is 12.1 Å². The summed E-state index contributed by atoms with van der Waals surface area (Å²) in [6.45, 7) is 0. The number of ether oxygens (including phenoxy) is 2. The number of esters is 1. The normalized spacial score (nSPS) is 9.76. The van der Waals surface area contributed by atoms with Gasteiger partial charge in [0.1, 0.15) is 0 Å². The van der Waals surface area contributed by atoms with Crippen molar-refractivity contribution in [1.82, 2.24) is 0 Å². The predicted octanol–water partition coefficient (Wildman–Crippen LogP) is 0.901. The Morgan fingerprint density at radius 3 is 2.59 bits per heavy atom. The molecule has 2 N–H and O–H groups in total. The summed E-state index contributed by atoms with van der Waals surface area (Å²) in [6.07, 6.45) is -0.205. The summed E-state index contributed by atoms with van der Waals surface area (Å²) in [5.41, 5.74) is 5.60. The second-order valence-corrected chi connectivity index (χ2v) is 3.21. The number of nitrogens with zero attached hydrogens (tertiary/aromatic N) is 1.